The first-order valence-corrected chi connectivity index (χ1v) is 4.98. The molecule has 0 unspecified atom stereocenters. The number of para-hydroxylation sites is 1. The van der Waals surface area contributed by atoms with Crippen molar-refractivity contribution in [2.24, 2.45) is 0 Å². The molecular formula is C14H16O5. The van der Waals surface area contributed by atoms with Crippen molar-refractivity contribution in [1.82, 2.24) is 0 Å². The number of hydrogen-bond donors (Lipinski definition) is 3. The highest BCUT2D eigenvalue weighted by atomic mass is 16.3. The summed E-state index contributed by atoms with van der Waals surface area (Å²) in [5.41, 5.74) is 0. The average Bonchev–Trinajstić information content (AvgIpc) is 2.44. The van der Waals surface area contributed by atoms with E-state index < -0.39 is 0 Å². The van der Waals surface area contributed by atoms with Gasteiger partial charge in [-0.2, -0.15) is 0 Å². The maximum atomic E-state index is 8.65. The molecular weight excluding hydrogens is 248 g/mol. The van der Waals surface area contributed by atoms with E-state index in [0.717, 1.165) is 0 Å². The molecule has 0 saturated carbocycles. The predicted octanol–water partition coefficient (Wildman–Crippen LogP) is 2.12. The fourth-order valence-electron chi connectivity index (χ4n) is 0.921. The molecule has 0 aliphatic carbocycles. The van der Waals surface area contributed by atoms with Gasteiger partial charge in [-0.05, 0) is 24.3 Å². The van der Waals surface area contributed by atoms with Crippen LogP contribution in [0.15, 0.2) is 54.6 Å². The quantitative estimate of drug-likeness (QED) is 0.677. The lowest BCUT2D eigenvalue weighted by Gasteiger charge is -1.89. The second kappa shape index (κ2) is 13.2. The topological polar surface area (TPSA) is 94.8 Å². The zero-order valence-corrected chi connectivity index (χ0v) is 10.3. The normalized spacial score (nSPS) is 7.37. The minimum absolute atomic E-state index is 0.0880. The molecule has 2 aromatic carbocycles. The van der Waals surface area contributed by atoms with Crippen molar-refractivity contribution >= 4 is 13.6 Å². The van der Waals surface area contributed by atoms with E-state index >= 15 is 0 Å². The van der Waals surface area contributed by atoms with Gasteiger partial charge in [0.15, 0.2) is 0 Å². The molecule has 0 radical (unpaired) electrons. The molecule has 102 valence electrons. The molecule has 0 aliphatic heterocycles. The number of hydrogen-bond acceptors (Lipinski definition) is 5. The molecule has 0 aliphatic rings. The fraction of sp³-hybridized carbons (Fsp3) is 0. The minimum atomic E-state index is 0.0880. The Hall–Kier alpha value is -2.82. The number of rotatable bonds is 0. The van der Waals surface area contributed by atoms with Gasteiger partial charge in [0.2, 0.25) is 0 Å². The first-order chi connectivity index (χ1) is 9.18. The third-order valence-electron chi connectivity index (χ3n) is 1.59. The number of carbonyl (C=O) groups is 2. The number of phenols is 3. The molecule has 2 rings (SSSR count). The van der Waals surface area contributed by atoms with Crippen molar-refractivity contribution in [3.05, 3.63) is 54.6 Å². The maximum absolute atomic E-state index is 8.65. The monoisotopic (exact) mass is 264 g/mol. The SMILES string of the molecule is C=O.C=O.Oc1cccc(O)c1.Oc1ccccc1. The molecule has 0 spiro atoms. The van der Waals surface area contributed by atoms with E-state index in [1.54, 1.807) is 30.3 Å². The van der Waals surface area contributed by atoms with Crippen LogP contribution in [-0.2, 0) is 9.59 Å². The molecule has 3 N–H and O–H groups in total. The molecule has 0 heterocycles. The summed E-state index contributed by atoms with van der Waals surface area (Å²) in [7, 11) is 0. The summed E-state index contributed by atoms with van der Waals surface area (Å²) in [6.07, 6.45) is 0. The summed E-state index contributed by atoms with van der Waals surface area (Å²) >= 11 is 0. The Morgan fingerprint density at radius 1 is 0.579 bits per heavy atom. The zero-order chi connectivity index (χ0) is 15.1. The van der Waals surface area contributed by atoms with Gasteiger partial charge in [-0.15, -0.1) is 0 Å². The summed E-state index contributed by atoms with van der Waals surface area (Å²) in [6.45, 7) is 4.00. The standard InChI is InChI=1S/C6H6O2.C6H6O.2CH2O/c7-5-2-1-3-6(8)4-5;7-6-4-2-1-3-5-6;2*1-2/h1-4,7-8H;1-5,7H;2*1H2. The molecule has 0 atom stereocenters. The summed E-state index contributed by atoms with van der Waals surface area (Å²) in [6, 6.07) is 14.6. The lowest BCUT2D eigenvalue weighted by atomic mass is 10.3. The van der Waals surface area contributed by atoms with Crippen molar-refractivity contribution in [3.63, 3.8) is 0 Å². The predicted molar refractivity (Wildman–Crippen MR) is 72.1 cm³/mol. The Kier molecular flexibility index (Phi) is 12.9. The van der Waals surface area contributed by atoms with Crippen LogP contribution in [0.3, 0.4) is 0 Å². The van der Waals surface area contributed by atoms with Gasteiger partial charge in [-0.3, -0.25) is 0 Å². The number of carbonyl (C=O) groups excluding carboxylic acids is 2. The lowest BCUT2D eigenvalue weighted by molar-refractivity contribution is -0.0987. The molecule has 2 aromatic rings. The van der Waals surface area contributed by atoms with E-state index in [1.807, 2.05) is 19.6 Å². The summed E-state index contributed by atoms with van der Waals surface area (Å²) in [4.78, 5) is 16.0. The molecule has 19 heavy (non-hydrogen) atoms. The van der Waals surface area contributed by atoms with Crippen LogP contribution in [0.5, 0.6) is 17.2 Å². The first-order valence-electron chi connectivity index (χ1n) is 4.98. The Labute approximate surface area is 111 Å². The molecule has 0 aromatic heterocycles. The maximum Gasteiger partial charge on any atom is 0.119 e. The van der Waals surface area contributed by atoms with Gasteiger partial charge >= 0.3 is 0 Å². The number of aromatic hydroxyl groups is 3. The van der Waals surface area contributed by atoms with Crippen LogP contribution < -0.4 is 0 Å². The second-order valence-corrected chi connectivity index (χ2v) is 2.86. The second-order valence-electron chi connectivity index (χ2n) is 2.86. The Morgan fingerprint density at radius 2 is 0.947 bits per heavy atom. The molecule has 0 saturated heterocycles. The Morgan fingerprint density at radius 3 is 1.16 bits per heavy atom. The van der Waals surface area contributed by atoms with Gasteiger partial charge in [0.1, 0.15) is 30.8 Å². The van der Waals surface area contributed by atoms with Crippen LogP contribution in [0.2, 0.25) is 0 Å². The summed E-state index contributed by atoms with van der Waals surface area (Å²) in [5, 5.41) is 25.9. The highest BCUT2D eigenvalue weighted by molar-refractivity contribution is 5.30. The molecule has 0 fully saturated rings. The third-order valence-corrected chi connectivity index (χ3v) is 1.59. The molecule has 0 amide bonds. The van der Waals surface area contributed by atoms with Crippen LogP contribution in [0.1, 0.15) is 0 Å². The largest absolute Gasteiger partial charge is 0.508 e. The van der Waals surface area contributed by atoms with Gasteiger partial charge < -0.3 is 24.9 Å². The number of benzene rings is 2. The third kappa shape index (κ3) is 11.4. The van der Waals surface area contributed by atoms with Gasteiger partial charge in [-0.1, -0.05) is 24.3 Å². The summed E-state index contributed by atoms with van der Waals surface area (Å²) in [5.74, 6) is 0.498. The van der Waals surface area contributed by atoms with Crippen molar-refractivity contribution in [1.29, 1.82) is 0 Å². The number of phenolic OH excluding ortho intramolecular Hbond substituents is 3. The van der Waals surface area contributed by atoms with Gasteiger partial charge in [-0.25, -0.2) is 0 Å². The Bertz CT molecular complexity index is 412. The average molecular weight is 264 g/mol. The van der Waals surface area contributed by atoms with E-state index in [4.69, 9.17) is 24.9 Å². The Balaban J connectivity index is 0. The highest BCUT2D eigenvalue weighted by Crippen LogP contribution is 2.14. The van der Waals surface area contributed by atoms with Gasteiger partial charge in [0.25, 0.3) is 0 Å². The molecule has 0 bridgehead atoms. The van der Waals surface area contributed by atoms with Gasteiger partial charge in [0, 0.05) is 6.07 Å². The van der Waals surface area contributed by atoms with E-state index in [9.17, 15) is 0 Å². The van der Waals surface area contributed by atoms with Crippen LogP contribution >= 0.6 is 0 Å². The van der Waals surface area contributed by atoms with Crippen molar-refractivity contribution in [2.75, 3.05) is 0 Å². The summed E-state index contributed by atoms with van der Waals surface area (Å²) < 4.78 is 0. The van der Waals surface area contributed by atoms with Crippen LogP contribution in [0, 0.1) is 0 Å². The van der Waals surface area contributed by atoms with Crippen LogP contribution in [0.25, 0.3) is 0 Å². The highest BCUT2D eigenvalue weighted by Gasteiger charge is 1.85. The van der Waals surface area contributed by atoms with Crippen molar-refractivity contribution in [3.8, 4) is 17.2 Å². The van der Waals surface area contributed by atoms with Gasteiger partial charge in [0.05, 0.1) is 0 Å². The van der Waals surface area contributed by atoms with E-state index in [-0.39, 0.29) is 11.5 Å². The van der Waals surface area contributed by atoms with Crippen molar-refractivity contribution < 1.29 is 24.9 Å². The molecule has 5 nitrogen and oxygen atoms in total. The van der Waals surface area contributed by atoms with Crippen LogP contribution in [0.4, 0.5) is 0 Å². The smallest absolute Gasteiger partial charge is 0.119 e. The van der Waals surface area contributed by atoms with Crippen molar-refractivity contribution in [2.45, 2.75) is 0 Å². The lowest BCUT2D eigenvalue weighted by Crippen LogP contribution is -1.61. The van der Waals surface area contributed by atoms with E-state index in [0.29, 0.717) is 5.75 Å². The fourth-order valence-corrected chi connectivity index (χ4v) is 0.921. The molecule has 5 heteroatoms. The first kappa shape index (κ1) is 18.5. The minimum Gasteiger partial charge on any atom is -0.508 e. The van der Waals surface area contributed by atoms with E-state index in [1.165, 1.54) is 18.2 Å². The zero-order valence-electron chi connectivity index (χ0n) is 10.3. The van der Waals surface area contributed by atoms with Crippen LogP contribution in [-0.4, -0.2) is 28.9 Å². The van der Waals surface area contributed by atoms with E-state index in [2.05, 4.69) is 0 Å².